The maximum Gasteiger partial charge on any atom is 0.253 e. The molecule has 1 aliphatic rings. The lowest BCUT2D eigenvalue weighted by molar-refractivity contribution is -0.137. The summed E-state index contributed by atoms with van der Waals surface area (Å²) in [6.07, 6.45) is 13.0. The zero-order chi connectivity index (χ0) is 23.1. The first-order chi connectivity index (χ1) is 15.8. The molecule has 0 saturated carbocycles. The lowest BCUT2D eigenvalue weighted by atomic mass is 10.1. The maximum atomic E-state index is 11.3. The summed E-state index contributed by atoms with van der Waals surface area (Å²) in [6.45, 7) is 7.78. The van der Waals surface area contributed by atoms with Crippen LogP contribution in [0.1, 0.15) is 58.3 Å². The predicted molar refractivity (Wildman–Crippen MR) is 123 cm³/mol. The third kappa shape index (κ3) is 16.3. The van der Waals surface area contributed by atoms with Gasteiger partial charge in [-0.3, -0.25) is 14.5 Å². The first-order valence-electron chi connectivity index (χ1n) is 12.2. The fourth-order valence-electron chi connectivity index (χ4n) is 3.13. The number of unbranched alkanes of at least 4 members (excludes halogenated alkanes) is 7. The number of nitrogens with zero attached hydrogens (tertiary/aromatic N) is 1. The SMILES string of the molecule is CCCCCCCCCCOCCOCCOCCOCCOCCN1C(=O)C=CC1=O. The van der Waals surface area contributed by atoms with E-state index in [4.69, 9.17) is 23.7 Å². The quantitative estimate of drug-likeness (QED) is 0.163. The molecular weight excluding hydrogens is 414 g/mol. The first-order valence-corrected chi connectivity index (χ1v) is 12.2. The molecule has 0 bridgehead atoms. The molecule has 2 amide bonds. The van der Waals surface area contributed by atoms with Crippen molar-refractivity contribution in [3.05, 3.63) is 12.2 Å². The van der Waals surface area contributed by atoms with Crippen LogP contribution in [0.3, 0.4) is 0 Å². The van der Waals surface area contributed by atoms with Crippen LogP contribution in [0.5, 0.6) is 0 Å². The topological polar surface area (TPSA) is 83.5 Å². The van der Waals surface area contributed by atoms with Crippen molar-refractivity contribution in [1.82, 2.24) is 4.90 Å². The van der Waals surface area contributed by atoms with E-state index in [0.717, 1.165) is 17.9 Å². The number of amides is 2. The van der Waals surface area contributed by atoms with Crippen LogP contribution in [0.25, 0.3) is 0 Å². The molecular formula is C24H43NO7. The van der Waals surface area contributed by atoms with E-state index in [1.807, 2.05) is 0 Å². The van der Waals surface area contributed by atoms with E-state index in [0.29, 0.717) is 59.5 Å². The van der Waals surface area contributed by atoms with Gasteiger partial charge in [-0.1, -0.05) is 51.9 Å². The molecule has 8 heteroatoms. The third-order valence-electron chi connectivity index (χ3n) is 4.99. The molecule has 1 aliphatic heterocycles. The molecule has 1 heterocycles. The summed E-state index contributed by atoms with van der Waals surface area (Å²) < 4.78 is 27.3. The standard InChI is InChI=1S/C24H43NO7/c1-2-3-4-5-6-7-8-9-13-28-15-17-30-19-21-32-22-20-31-18-16-29-14-12-25-23(26)10-11-24(25)27/h10-11H,2-9,12-22H2,1H3. The summed E-state index contributed by atoms with van der Waals surface area (Å²) >= 11 is 0. The molecule has 8 nitrogen and oxygen atoms in total. The van der Waals surface area contributed by atoms with Crippen LogP contribution in [0.4, 0.5) is 0 Å². The fraction of sp³-hybridized carbons (Fsp3) is 0.833. The smallest absolute Gasteiger partial charge is 0.253 e. The van der Waals surface area contributed by atoms with Crippen LogP contribution >= 0.6 is 0 Å². The highest BCUT2D eigenvalue weighted by molar-refractivity contribution is 6.12. The van der Waals surface area contributed by atoms with Crippen molar-refractivity contribution in [3.8, 4) is 0 Å². The van der Waals surface area contributed by atoms with Gasteiger partial charge in [-0.25, -0.2) is 0 Å². The van der Waals surface area contributed by atoms with Gasteiger partial charge in [0.1, 0.15) is 0 Å². The zero-order valence-corrected chi connectivity index (χ0v) is 19.9. The van der Waals surface area contributed by atoms with Crippen LogP contribution < -0.4 is 0 Å². The molecule has 0 unspecified atom stereocenters. The highest BCUT2D eigenvalue weighted by Gasteiger charge is 2.22. The second kappa shape index (κ2) is 21.5. The van der Waals surface area contributed by atoms with Gasteiger partial charge < -0.3 is 23.7 Å². The number of imide groups is 1. The van der Waals surface area contributed by atoms with Crippen LogP contribution in [0, 0.1) is 0 Å². The average molecular weight is 458 g/mol. The van der Waals surface area contributed by atoms with E-state index < -0.39 is 0 Å². The molecule has 0 aliphatic carbocycles. The number of hydrogen-bond donors (Lipinski definition) is 0. The Morgan fingerprint density at radius 3 is 1.38 bits per heavy atom. The van der Waals surface area contributed by atoms with E-state index in [9.17, 15) is 9.59 Å². The number of hydrogen-bond acceptors (Lipinski definition) is 7. The van der Waals surface area contributed by atoms with Gasteiger partial charge in [0.15, 0.2) is 0 Å². The molecule has 0 N–H and O–H groups in total. The van der Waals surface area contributed by atoms with Crippen LogP contribution in [0.15, 0.2) is 12.2 Å². The highest BCUT2D eigenvalue weighted by Crippen LogP contribution is 2.08. The Bertz CT molecular complexity index is 481. The number of rotatable bonds is 24. The second-order valence-corrected chi connectivity index (χ2v) is 7.70. The van der Waals surface area contributed by atoms with Crippen LogP contribution in [0.2, 0.25) is 0 Å². The molecule has 0 fully saturated rings. The molecule has 0 atom stereocenters. The third-order valence-corrected chi connectivity index (χ3v) is 4.99. The van der Waals surface area contributed by atoms with E-state index >= 15 is 0 Å². The van der Waals surface area contributed by atoms with E-state index in [2.05, 4.69) is 6.92 Å². The second-order valence-electron chi connectivity index (χ2n) is 7.70. The minimum Gasteiger partial charge on any atom is -0.379 e. The molecule has 0 saturated heterocycles. The molecule has 186 valence electrons. The minimum atomic E-state index is -0.290. The van der Waals surface area contributed by atoms with Crippen molar-refractivity contribution in [3.63, 3.8) is 0 Å². The number of carbonyl (C=O) groups excluding carboxylic acids is 2. The Labute approximate surface area is 193 Å². The average Bonchev–Trinajstić information content (AvgIpc) is 3.11. The Morgan fingerprint density at radius 2 is 0.906 bits per heavy atom. The Morgan fingerprint density at radius 1 is 0.531 bits per heavy atom. The molecule has 0 aromatic carbocycles. The zero-order valence-electron chi connectivity index (χ0n) is 19.9. The minimum absolute atomic E-state index is 0.262. The van der Waals surface area contributed by atoms with Gasteiger partial charge in [-0.15, -0.1) is 0 Å². The Hall–Kier alpha value is -1.32. The summed E-state index contributed by atoms with van der Waals surface area (Å²) in [4.78, 5) is 23.8. The lowest BCUT2D eigenvalue weighted by Crippen LogP contribution is -2.33. The van der Waals surface area contributed by atoms with E-state index in [-0.39, 0.29) is 18.4 Å². The number of carbonyl (C=O) groups is 2. The van der Waals surface area contributed by atoms with Crippen LogP contribution in [-0.2, 0) is 33.3 Å². The van der Waals surface area contributed by atoms with Crippen molar-refractivity contribution in [2.45, 2.75) is 58.3 Å². The van der Waals surface area contributed by atoms with Crippen molar-refractivity contribution in [1.29, 1.82) is 0 Å². The van der Waals surface area contributed by atoms with Gasteiger partial charge in [0.05, 0.1) is 66.0 Å². The summed E-state index contributed by atoms with van der Waals surface area (Å²) in [5.74, 6) is -0.579. The van der Waals surface area contributed by atoms with Crippen molar-refractivity contribution in [2.75, 3.05) is 72.6 Å². The van der Waals surface area contributed by atoms with Gasteiger partial charge in [-0.05, 0) is 6.42 Å². The molecule has 32 heavy (non-hydrogen) atoms. The predicted octanol–water partition coefficient (Wildman–Crippen LogP) is 3.14. The molecule has 0 aromatic rings. The maximum absolute atomic E-state index is 11.3. The first kappa shape index (κ1) is 28.7. The summed E-state index contributed by atoms with van der Waals surface area (Å²) in [5, 5.41) is 0. The molecule has 0 radical (unpaired) electrons. The van der Waals surface area contributed by atoms with Gasteiger partial charge in [0, 0.05) is 18.8 Å². The normalized spacial score (nSPS) is 13.6. The highest BCUT2D eigenvalue weighted by atomic mass is 16.6. The molecule has 1 rings (SSSR count). The monoisotopic (exact) mass is 457 g/mol. The lowest BCUT2D eigenvalue weighted by Gasteiger charge is -2.13. The Kier molecular flexibility index (Phi) is 19.3. The molecule has 0 spiro atoms. The molecule has 0 aromatic heterocycles. The summed E-state index contributed by atoms with van der Waals surface area (Å²) in [5.41, 5.74) is 0. The van der Waals surface area contributed by atoms with Gasteiger partial charge in [-0.2, -0.15) is 0 Å². The van der Waals surface area contributed by atoms with E-state index in [1.165, 1.54) is 57.1 Å². The largest absolute Gasteiger partial charge is 0.379 e. The Balaban J connectivity index is 1.67. The summed E-state index contributed by atoms with van der Waals surface area (Å²) in [7, 11) is 0. The summed E-state index contributed by atoms with van der Waals surface area (Å²) in [6, 6.07) is 0. The van der Waals surface area contributed by atoms with Crippen LogP contribution in [-0.4, -0.2) is 89.3 Å². The fourth-order valence-corrected chi connectivity index (χ4v) is 3.13. The van der Waals surface area contributed by atoms with Crippen molar-refractivity contribution >= 4 is 11.8 Å². The van der Waals surface area contributed by atoms with E-state index in [1.54, 1.807) is 0 Å². The van der Waals surface area contributed by atoms with Crippen molar-refractivity contribution in [2.24, 2.45) is 0 Å². The van der Waals surface area contributed by atoms with Gasteiger partial charge in [0.2, 0.25) is 0 Å². The van der Waals surface area contributed by atoms with Gasteiger partial charge >= 0.3 is 0 Å². The number of ether oxygens (including phenoxy) is 5. The van der Waals surface area contributed by atoms with Crippen molar-refractivity contribution < 1.29 is 33.3 Å². The van der Waals surface area contributed by atoms with Gasteiger partial charge in [0.25, 0.3) is 11.8 Å².